The maximum atomic E-state index is 12.8. The molecule has 3 rings (SSSR count). The minimum absolute atomic E-state index is 0. The molecule has 0 fully saturated rings. The number of hydrogen-bond donors (Lipinski definition) is 0. The summed E-state index contributed by atoms with van der Waals surface area (Å²) in [4.78, 5) is 0. The first-order valence-corrected chi connectivity index (χ1v) is 26.4. The SMILES string of the molecule is CCCCCCCC=Cc1cc(C=CCCCCCCC)cc(C2=C(CCCC)C(CCCC)=C(c3cc(C=CCCCCCCC)cc(C=CCCCCCCC)c3)[N+]2=[N-])c1.[Ni]. The molecule has 0 bridgehead atoms. The van der Waals surface area contributed by atoms with E-state index in [4.69, 9.17) is 0 Å². The van der Waals surface area contributed by atoms with Crippen LogP contribution in [0.25, 0.3) is 41.2 Å². The quantitative estimate of drug-likeness (QED) is 0.0370. The Balaban J connectivity index is 0.0000137. The minimum atomic E-state index is 0. The van der Waals surface area contributed by atoms with Gasteiger partial charge in [-0.3, -0.25) is 0 Å². The summed E-state index contributed by atoms with van der Waals surface area (Å²) in [7, 11) is 0. The second-order valence-electron chi connectivity index (χ2n) is 18.4. The van der Waals surface area contributed by atoms with E-state index in [9.17, 15) is 5.53 Å². The fourth-order valence-electron chi connectivity index (χ4n) is 8.84. The molecule has 0 aliphatic carbocycles. The predicted molar refractivity (Wildman–Crippen MR) is 279 cm³/mol. The van der Waals surface area contributed by atoms with Gasteiger partial charge in [0.1, 0.15) is 0 Å². The van der Waals surface area contributed by atoms with E-state index < -0.39 is 0 Å². The van der Waals surface area contributed by atoms with Crippen molar-refractivity contribution in [2.24, 2.45) is 0 Å². The van der Waals surface area contributed by atoms with Crippen molar-refractivity contribution in [3.63, 3.8) is 0 Å². The summed E-state index contributed by atoms with van der Waals surface area (Å²) in [5.74, 6) is 0. The van der Waals surface area contributed by atoms with E-state index >= 15 is 0 Å². The van der Waals surface area contributed by atoms with Crippen molar-refractivity contribution in [3.05, 3.63) is 111 Å². The van der Waals surface area contributed by atoms with E-state index in [2.05, 4.69) is 127 Å². The Morgan fingerprint density at radius 2 is 0.603 bits per heavy atom. The monoisotopic (exact) mass is 899 g/mol. The molecular weight excluding hydrogens is 807 g/mol. The molecule has 0 saturated heterocycles. The molecule has 0 spiro atoms. The zero-order valence-electron chi connectivity index (χ0n) is 41.5. The van der Waals surface area contributed by atoms with Crippen LogP contribution in [0.3, 0.4) is 0 Å². The summed E-state index contributed by atoms with van der Waals surface area (Å²) in [6.45, 7) is 13.7. The van der Waals surface area contributed by atoms with Gasteiger partial charge in [0.05, 0.1) is 0 Å². The number of unbranched alkanes of at least 4 members (excludes halogenated alkanes) is 22. The van der Waals surface area contributed by atoms with Crippen LogP contribution in [-0.4, -0.2) is 4.70 Å². The van der Waals surface area contributed by atoms with Crippen molar-refractivity contribution < 1.29 is 21.2 Å². The van der Waals surface area contributed by atoms with Gasteiger partial charge in [-0.25, -0.2) is 4.70 Å². The van der Waals surface area contributed by atoms with Crippen LogP contribution in [0, 0.1) is 0 Å². The van der Waals surface area contributed by atoms with Crippen LogP contribution in [-0.2, 0) is 16.5 Å². The van der Waals surface area contributed by atoms with Crippen molar-refractivity contribution in [1.29, 1.82) is 0 Å². The Bertz CT molecular complexity index is 1520. The summed E-state index contributed by atoms with van der Waals surface area (Å²) in [5, 5.41) is 0. The van der Waals surface area contributed by atoms with Crippen molar-refractivity contribution in [3.8, 4) is 0 Å². The molecule has 2 aromatic rings. The summed E-state index contributed by atoms with van der Waals surface area (Å²) in [6, 6.07) is 14.1. The van der Waals surface area contributed by atoms with E-state index in [0.717, 1.165) is 86.7 Å². The minimum Gasteiger partial charge on any atom is -0.493 e. The Labute approximate surface area is 399 Å². The Morgan fingerprint density at radius 3 is 0.857 bits per heavy atom. The maximum Gasteiger partial charge on any atom is 0.211 e. The third-order valence-corrected chi connectivity index (χ3v) is 12.6. The van der Waals surface area contributed by atoms with E-state index in [0.29, 0.717) is 0 Å². The molecule has 0 unspecified atom stereocenters. The first-order valence-electron chi connectivity index (χ1n) is 26.4. The number of allylic oxidation sites excluding steroid dienone is 6. The first-order chi connectivity index (χ1) is 30.5. The van der Waals surface area contributed by atoms with Crippen LogP contribution in [0.2, 0.25) is 0 Å². The Hall–Kier alpha value is -3.03. The van der Waals surface area contributed by atoms with Gasteiger partial charge in [0.15, 0.2) is 0 Å². The van der Waals surface area contributed by atoms with Crippen LogP contribution < -0.4 is 0 Å². The molecule has 1 aliphatic heterocycles. The smallest absolute Gasteiger partial charge is 0.211 e. The van der Waals surface area contributed by atoms with Gasteiger partial charge in [0.25, 0.3) is 0 Å². The summed E-state index contributed by atoms with van der Waals surface area (Å²) >= 11 is 0. The molecule has 2 nitrogen and oxygen atoms in total. The molecule has 0 aromatic heterocycles. The van der Waals surface area contributed by atoms with Gasteiger partial charge in [-0.05, 0) is 136 Å². The molecule has 352 valence electrons. The molecule has 0 radical (unpaired) electrons. The predicted octanol–water partition coefficient (Wildman–Crippen LogP) is 20.7. The normalized spacial score (nSPS) is 13.4. The van der Waals surface area contributed by atoms with Crippen LogP contribution in [0.1, 0.15) is 268 Å². The van der Waals surface area contributed by atoms with Crippen molar-refractivity contribution >= 4 is 35.7 Å². The second kappa shape index (κ2) is 36.2. The molecule has 1 heterocycles. The maximum absolute atomic E-state index is 12.8. The van der Waals surface area contributed by atoms with Gasteiger partial charge in [0.2, 0.25) is 11.4 Å². The largest absolute Gasteiger partial charge is 0.493 e. The van der Waals surface area contributed by atoms with Crippen molar-refractivity contribution in [2.45, 2.75) is 234 Å². The second-order valence-corrected chi connectivity index (χ2v) is 18.4. The van der Waals surface area contributed by atoms with E-state index in [1.807, 2.05) is 0 Å². The molecule has 0 atom stereocenters. The standard InChI is InChI=1S/C60H92N2.Ni/c1-7-13-19-23-27-31-35-39-51-45-52(40-36-32-28-24-20-14-8-2)48-55(47-51)59-57(43-17-11-5)58(44-18-12-6)60(62(59)61)56-49-53(41-37-33-29-25-21-15-9-3)46-54(50-56)42-38-34-30-26-22-16-10-4;/h35-42,45-50H,7-34,43-44H2,1-6H3;. The van der Waals surface area contributed by atoms with Gasteiger partial charge in [-0.2, -0.15) is 0 Å². The summed E-state index contributed by atoms with van der Waals surface area (Å²) in [5.41, 5.74) is 24.5. The van der Waals surface area contributed by atoms with Crippen LogP contribution in [0.5, 0.6) is 0 Å². The summed E-state index contributed by atoms with van der Waals surface area (Å²) in [6.07, 6.45) is 55.7. The molecule has 0 amide bonds. The van der Waals surface area contributed by atoms with Crippen LogP contribution >= 0.6 is 0 Å². The van der Waals surface area contributed by atoms with Gasteiger partial charge in [0, 0.05) is 38.8 Å². The zero-order valence-corrected chi connectivity index (χ0v) is 42.5. The number of benzene rings is 2. The van der Waals surface area contributed by atoms with Crippen LogP contribution in [0.4, 0.5) is 0 Å². The third-order valence-electron chi connectivity index (χ3n) is 12.6. The summed E-state index contributed by atoms with van der Waals surface area (Å²) < 4.78 is 1.62. The van der Waals surface area contributed by atoms with Crippen molar-refractivity contribution in [1.82, 2.24) is 0 Å². The molecule has 0 N–H and O–H groups in total. The van der Waals surface area contributed by atoms with E-state index in [1.54, 1.807) is 4.70 Å². The van der Waals surface area contributed by atoms with Gasteiger partial charge in [-0.1, -0.05) is 206 Å². The Kier molecular flexibility index (Phi) is 32.3. The number of hydrogen-bond acceptors (Lipinski definition) is 0. The fraction of sp³-hybridized carbons (Fsp3) is 0.600. The van der Waals surface area contributed by atoms with Crippen LogP contribution in [0.15, 0.2) is 71.8 Å². The zero-order chi connectivity index (χ0) is 44.5. The molecule has 0 saturated carbocycles. The average molecular weight is 900 g/mol. The van der Waals surface area contributed by atoms with Gasteiger partial charge in [-0.15, -0.1) is 0 Å². The topological polar surface area (TPSA) is 25.3 Å². The number of nitrogens with zero attached hydrogens (tertiary/aromatic N) is 2. The molecule has 3 heteroatoms. The van der Waals surface area contributed by atoms with Gasteiger partial charge >= 0.3 is 0 Å². The fourth-order valence-corrected chi connectivity index (χ4v) is 8.84. The number of rotatable bonds is 36. The molecule has 1 aliphatic rings. The van der Waals surface area contributed by atoms with Crippen molar-refractivity contribution in [2.75, 3.05) is 0 Å². The average Bonchev–Trinajstić information content (AvgIpc) is 3.56. The Morgan fingerprint density at radius 1 is 0.349 bits per heavy atom. The van der Waals surface area contributed by atoms with E-state index in [1.165, 1.54) is 162 Å². The first kappa shape index (κ1) is 56.1. The molecule has 2 aromatic carbocycles. The van der Waals surface area contributed by atoms with E-state index in [-0.39, 0.29) is 16.5 Å². The molecule has 63 heavy (non-hydrogen) atoms. The third kappa shape index (κ3) is 22.1. The van der Waals surface area contributed by atoms with Gasteiger partial charge < -0.3 is 5.53 Å². The molecular formula is C60H92N2Ni.